The Morgan fingerprint density at radius 3 is 2.57 bits per heavy atom. The highest BCUT2D eigenvalue weighted by atomic mass is 79.9. The van der Waals surface area contributed by atoms with Crippen molar-refractivity contribution in [1.82, 2.24) is 10.6 Å². The minimum Gasteiger partial charge on any atom is -0.316 e. The van der Waals surface area contributed by atoms with Crippen LogP contribution in [0.1, 0.15) is 11.8 Å². The molecule has 0 atom stereocenters. The van der Waals surface area contributed by atoms with Gasteiger partial charge in [0.25, 0.3) is 0 Å². The van der Waals surface area contributed by atoms with Crippen LogP contribution in [-0.4, -0.2) is 19.6 Å². The molecule has 0 aromatic carbocycles. The number of hydrogen-bond acceptors (Lipinski definition) is 3. The van der Waals surface area contributed by atoms with E-state index in [1.165, 1.54) is 8.66 Å². The van der Waals surface area contributed by atoms with Crippen molar-refractivity contribution in [2.24, 2.45) is 0 Å². The van der Waals surface area contributed by atoms with Crippen molar-refractivity contribution in [3.63, 3.8) is 0 Å². The van der Waals surface area contributed by atoms with Crippen molar-refractivity contribution < 1.29 is 0 Å². The molecule has 0 spiro atoms. The second kappa shape index (κ2) is 6.95. The first-order valence-corrected chi connectivity index (χ1v) is 6.99. The molecule has 1 rings (SSSR count). The lowest BCUT2D eigenvalue weighted by atomic mass is 10.4. The molecule has 1 heterocycles. The fourth-order valence-electron chi connectivity index (χ4n) is 1.04. The number of thiophene rings is 1. The molecule has 0 aliphatic carbocycles. The monoisotopic (exact) mass is 340 g/mol. The minimum atomic E-state index is 0.945. The van der Waals surface area contributed by atoms with Gasteiger partial charge in [0.05, 0.1) is 3.79 Å². The Morgan fingerprint density at radius 2 is 2.00 bits per heavy atom. The maximum absolute atomic E-state index is 3.48. The lowest BCUT2D eigenvalue weighted by Gasteiger charge is -2.02. The summed E-state index contributed by atoms with van der Waals surface area (Å²) in [5.41, 5.74) is 0. The van der Waals surface area contributed by atoms with E-state index >= 15 is 0 Å². The highest BCUT2D eigenvalue weighted by Crippen LogP contribution is 2.32. The predicted molar refractivity (Wildman–Crippen MR) is 70.0 cm³/mol. The van der Waals surface area contributed by atoms with E-state index in [1.54, 1.807) is 11.3 Å². The van der Waals surface area contributed by atoms with E-state index in [-0.39, 0.29) is 0 Å². The van der Waals surface area contributed by atoms with Crippen molar-refractivity contribution in [2.75, 3.05) is 19.6 Å². The minimum absolute atomic E-state index is 0.945. The zero-order valence-electron chi connectivity index (χ0n) is 8.07. The summed E-state index contributed by atoms with van der Waals surface area (Å²) in [7, 11) is 0. The summed E-state index contributed by atoms with van der Waals surface area (Å²) in [5.74, 6) is 0. The summed E-state index contributed by atoms with van der Waals surface area (Å²) in [6.45, 7) is 6.15. The van der Waals surface area contributed by atoms with Gasteiger partial charge in [0.2, 0.25) is 0 Å². The Labute approximate surface area is 106 Å². The lowest BCUT2D eigenvalue weighted by Crippen LogP contribution is -2.26. The fourth-order valence-corrected chi connectivity index (χ4v) is 3.19. The van der Waals surface area contributed by atoms with Gasteiger partial charge in [0.1, 0.15) is 0 Å². The maximum atomic E-state index is 3.48. The van der Waals surface area contributed by atoms with E-state index in [0.29, 0.717) is 0 Å². The molecule has 0 bridgehead atoms. The van der Waals surface area contributed by atoms with Crippen LogP contribution in [0.5, 0.6) is 0 Å². The average Bonchev–Trinajstić information content (AvgIpc) is 2.46. The molecule has 0 aliphatic heterocycles. The van der Waals surface area contributed by atoms with Gasteiger partial charge in [0.15, 0.2) is 0 Å². The third-order valence-electron chi connectivity index (χ3n) is 1.72. The van der Waals surface area contributed by atoms with Crippen LogP contribution < -0.4 is 10.6 Å². The van der Waals surface area contributed by atoms with Crippen molar-refractivity contribution in [2.45, 2.75) is 13.5 Å². The fraction of sp³-hybridized carbons (Fsp3) is 0.556. The molecule has 0 unspecified atom stereocenters. The molecule has 5 heteroatoms. The van der Waals surface area contributed by atoms with E-state index in [9.17, 15) is 0 Å². The summed E-state index contributed by atoms with van der Waals surface area (Å²) in [6.07, 6.45) is 0. The largest absolute Gasteiger partial charge is 0.316 e. The van der Waals surface area contributed by atoms with Crippen LogP contribution in [0.4, 0.5) is 0 Å². The first-order chi connectivity index (χ1) is 6.74. The Hall–Kier alpha value is 0.580. The Kier molecular flexibility index (Phi) is 6.28. The summed E-state index contributed by atoms with van der Waals surface area (Å²) in [4.78, 5) is 1.35. The Morgan fingerprint density at radius 1 is 1.29 bits per heavy atom. The van der Waals surface area contributed by atoms with Gasteiger partial charge in [-0.25, -0.2) is 0 Å². The quantitative estimate of drug-likeness (QED) is 0.777. The van der Waals surface area contributed by atoms with Crippen molar-refractivity contribution in [1.29, 1.82) is 0 Å². The topological polar surface area (TPSA) is 24.1 Å². The van der Waals surface area contributed by atoms with Gasteiger partial charge in [0, 0.05) is 29.0 Å². The molecule has 0 amide bonds. The smallest absolute Gasteiger partial charge is 0.0843 e. The molecule has 0 saturated heterocycles. The highest BCUT2D eigenvalue weighted by Gasteiger charge is 2.02. The molecule has 14 heavy (non-hydrogen) atoms. The molecule has 1 aromatic rings. The van der Waals surface area contributed by atoms with Gasteiger partial charge in [-0.15, -0.1) is 11.3 Å². The van der Waals surface area contributed by atoms with E-state index in [1.807, 2.05) is 0 Å². The SMILES string of the molecule is CCNCCNCc1cc(Br)c(Br)s1. The maximum Gasteiger partial charge on any atom is 0.0843 e. The molecule has 2 N–H and O–H groups in total. The van der Waals surface area contributed by atoms with Gasteiger partial charge in [-0.2, -0.15) is 0 Å². The van der Waals surface area contributed by atoms with Gasteiger partial charge in [-0.1, -0.05) is 6.92 Å². The molecular formula is C9H14Br2N2S. The normalized spacial score (nSPS) is 10.8. The van der Waals surface area contributed by atoms with Gasteiger partial charge < -0.3 is 10.6 Å². The van der Waals surface area contributed by atoms with E-state index < -0.39 is 0 Å². The molecule has 1 aromatic heterocycles. The number of nitrogens with one attached hydrogen (secondary N) is 2. The second-order valence-corrected chi connectivity index (χ2v) is 6.17. The standard InChI is InChI=1S/C9H14Br2N2S/c1-2-12-3-4-13-6-7-5-8(10)9(11)14-7/h5,12-13H,2-4,6H2,1H3. The average molecular weight is 342 g/mol. The van der Waals surface area contributed by atoms with Crippen molar-refractivity contribution in [3.05, 3.63) is 19.2 Å². The van der Waals surface area contributed by atoms with E-state index in [0.717, 1.165) is 30.7 Å². The van der Waals surface area contributed by atoms with Crippen molar-refractivity contribution in [3.8, 4) is 0 Å². The summed E-state index contributed by atoms with van der Waals surface area (Å²) < 4.78 is 2.31. The zero-order valence-corrected chi connectivity index (χ0v) is 12.1. The van der Waals surface area contributed by atoms with Crippen LogP contribution in [0, 0.1) is 0 Å². The molecule has 2 nitrogen and oxygen atoms in total. The van der Waals surface area contributed by atoms with E-state index in [2.05, 4.69) is 55.5 Å². The van der Waals surface area contributed by atoms with Gasteiger partial charge >= 0.3 is 0 Å². The number of halogens is 2. The second-order valence-electron chi connectivity index (χ2n) is 2.86. The number of likely N-dealkylation sites (N-methyl/N-ethyl adjacent to an activating group) is 1. The first-order valence-electron chi connectivity index (χ1n) is 4.59. The summed E-state index contributed by atoms with van der Waals surface area (Å²) in [6, 6.07) is 2.15. The Bertz CT molecular complexity index is 256. The third kappa shape index (κ3) is 4.40. The molecule has 0 saturated carbocycles. The number of rotatable bonds is 6. The van der Waals surface area contributed by atoms with Gasteiger partial charge in [-0.05, 0) is 44.5 Å². The lowest BCUT2D eigenvalue weighted by molar-refractivity contribution is 0.628. The van der Waals surface area contributed by atoms with Crippen LogP contribution in [0.25, 0.3) is 0 Å². The van der Waals surface area contributed by atoms with Crippen LogP contribution in [0.3, 0.4) is 0 Å². The van der Waals surface area contributed by atoms with Crippen LogP contribution in [0.15, 0.2) is 14.3 Å². The third-order valence-corrected chi connectivity index (χ3v) is 4.98. The zero-order chi connectivity index (χ0) is 10.4. The van der Waals surface area contributed by atoms with Gasteiger partial charge in [-0.3, -0.25) is 0 Å². The molecule has 0 fully saturated rings. The summed E-state index contributed by atoms with van der Waals surface area (Å²) in [5, 5.41) is 6.66. The predicted octanol–water partition coefficient (Wildman–Crippen LogP) is 2.97. The van der Waals surface area contributed by atoms with Crippen LogP contribution in [-0.2, 0) is 6.54 Å². The van der Waals surface area contributed by atoms with E-state index in [4.69, 9.17) is 0 Å². The Balaban J connectivity index is 2.18. The molecular weight excluding hydrogens is 328 g/mol. The molecule has 0 aliphatic rings. The van der Waals surface area contributed by atoms with Crippen LogP contribution >= 0.6 is 43.2 Å². The highest BCUT2D eigenvalue weighted by molar-refractivity contribution is 9.13. The first kappa shape index (κ1) is 12.6. The molecule has 80 valence electrons. The summed E-state index contributed by atoms with van der Waals surface area (Å²) >= 11 is 8.72. The van der Waals surface area contributed by atoms with Crippen molar-refractivity contribution >= 4 is 43.2 Å². The number of hydrogen-bond donors (Lipinski definition) is 2. The van der Waals surface area contributed by atoms with Crippen LogP contribution in [0.2, 0.25) is 0 Å². The molecule has 0 radical (unpaired) electrons.